The Bertz CT molecular complexity index is 1040. The van der Waals surface area contributed by atoms with Gasteiger partial charge in [-0.2, -0.15) is 4.57 Å². The van der Waals surface area contributed by atoms with Gasteiger partial charge in [0.2, 0.25) is 11.4 Å². The molecule has 0 spiro atoms. The van der Waals surface area contributed by atoms with E-state index in [-0.39, 0.29) is 0 Å². The summed E-state index contributed by atoms with van der Waals surface area (Å²) in [4.78, 5) is 0. The highest BCUT2D eigenvalue weighted by molar-refractivity contribution is 5.91. The number of fused-ring (bicyclic) bond motifs is 4. The molecule has 2 heterocycles. The second-order valence-corrected chi connectivity index (χ2v) is 6.70. The van der Waals surface area contributed by atoms with E-state index in [4.69, 9.17) is 18.9 Å². The van der Waals surface area contributed by atoms with Crippen LogP contribution < -0.4 is 23.5 Å². The standard InChI is InChI=1S/C22H24NO4/c1-13-6-7-14-10-17-19-15(8-9-23(17)12-16(14)20(13)25-3)11-18(24-2)21(26-4)22(19)27-5/h6-7,10-12H,8-9H2,1-5H3/q+1. The van der Waals surface area contributed by atoms with Crippen molar-refractivity contribution < 1.29 is 23.5 Å². The lowest BCUT2D eigenvalue weighted by Crippen LogP contribution is -2.40. The van der Waals surface area contributed by atoms with Crippen molar-refractivity contribution in [1.82, 2.24) is 0 Å². The molecule has 0 saturated heterocycles. The van der Waals surface area contributed by atoms with Crippen molar-refractivity contribution in [3.8, 4) is 34.3 Å². The van der Waals surface area contributed by atoms with Crippen LogP contribution in [0.15, 0.2) is 30.5 Å². The summed E-state index contributed by atoms with van der Waals surface area (Å²) in [6, 6.07) is 8.48. The topological polar surface area (TPSA) is 40.8 Å². The van der Waals surface area contributed by atoms with E-state index < -0.39 is 0 Å². The van der Waals surface area contributed by atoms with E-state index in [1.54, 1.807) is 28.4 Å². The average Bonchev–Trinajstić information content (AvgIpc) is 2.70. The molecule has 0 atom stereocenters. The summed E-state index contributed by atoms with van der Waals surface area (Å²) in [5, 5.41) is 2.25. The molecule has 1 aromatic heterocycles. The Balaban J connectivity index is 2.04. The molecule has 0 unspecified atom stereocenters. The van der Waals surface area contributed by atoms with Gasteiger partial charge in [-0.1, -0.05) is 12.1 Å². The summed E-state index contributed by atoms with van der Waals surface area (Å²) in [6.45, 7) is 2.95. The Kier molecular flexibility index (Phi) is 4.30. The average molecular weight is 366 g/mol. The molecule has 5 heteroatoms. The first-order chi connectivity index (χ1) is 13.1. The SMILES string of the molecule is COc1cc2c(c(OC)c1OC)-c1cc3ccc(C)c(OC)c3c[n+]1CC2. The Hall–Kier alpha value is -2.95. The van der Waals surface area contributed by atoms with Gasteiger partial charge >= 0.3 is 0 Å². The highest BCUT2D eigenvalue weighted by atomic mass is 16.5. The number of rotatable bonds is 4. The predicted octanol–water partition coefficient (Wildman–Crippen LogP) is 3.69. The Morgan fingerprint density at radius 3 is 2.26 bits per heavy atom. The van der Waals surface area contributed by atoms with Crippen molar-refractivity contribution in [2.75, 3.05) is 28.4 Å². The molecular weight excluding hydrogens is 342 g/mol. The van der Waals surface area contributed by atoms with Crippen LogP contribution in [0.5, 0.6) is 23.0 Å². The summed E-state index contributed by atoms with van der Waals surface area (Å²) in [7, 11) is 6.68. The van der Waals surface area contributed by atoms with Crippen molar-refractivity contribution in [2.45, 2.75) is 19.9 Å². The highest BCUT2D eigenvalue weighted by Gasteiger charge is 2.31. The zero-order valence-electron chi connectivity index (χ0n) is 16.4. The van der Waals surface area contributed by atoms with Crippen molar-refractivity contribution in [1.29, 1.82) is 0 Å². The molecule has 0 saturated carbocycles. The molecule has 1 aliphatic rings. The molecule has 0 aliphatic carbocycles. The fourth-order valence-corrected chi connectivity index (χ4v) is 4.04. The summed E-state index contributed by atoms with van der Waals surface area (Å²) >= 11 is 0. The van der Waals surface area contributed by atoms with Crippen LogP contribution in [0.3, 0.4) is 0 Å². The molecule has 5 nitrogen and oxygen atoms in total. The lowest BCUT2D eigenvalue weighted by Gasteiger charge is -2.22. The van der Waals surface area contributed by atoms with E-state index in [9.17, 15) is 0 Å². The lowest BCUT2D eigenvalue weighted by atomic mass is 9.93. The molecule has 4 rings (SSSR count). The van der Waals surface area contributed by atoms with Gasteiger partial charge in [0.25, 0.3) is 0 Å². The van der Waals surface area contributed by atoms with Crippen LogP contribution in [0.2, 0.25) is 0 Å². The molecule has 27 heavy (non-hydrogen) atoms. The predicted molar refractivity (Wildman–Crippen MR) is 104 cm³/mol. The third-order valence-electron chi connectivity index (χ3n) is 5.31. The third-order valence-corrected chi connectivity index (χ3v) is 5.31. The van der Waals surface area contributed by atoms with Gasteiger partial charge < -0.3 is 18.9 Å². The summed E-state index contributed by atoms with van der Waals surface area (Å²) in [6.07, 6.45) is 3.07. The zero-order chi connectivity index (χ0) is 19.1. The summed E-state index contributed by atoms with van der Waals surface area (Å²) in [5.41, 5.74) is 4.49. The number of pyridine rings is 1. The molecule has 140 valence electrons. The number of aromatic nitrogens is 1. The van der Waals surface area contributed by atoms with E-state index in [1.165, 1.54) is 5.56 Å². The van der Waals surface area contributed by atoms with Gasteiger partial charge in [-0.3, -0.25) is 0 Å². The fraction of sp³-hybridized carbons (Fsp3) is 0.318. The van der Waals surface area contributed by atoms with Crippen LogP contribution in [0.4, 0.5) is 0 Å². The number of aryl methyl sites for hydroxylation is 3. The van der Waals surface area contributed by atoms with Gasteiger partial charge in [0.1, 0.15) is 5.75 Å². The lowest BCUT2D eigenvalue weighted by molar-refractivity contribution is -0.686. The second kappa shape index (κ2) is 6.65. The molecule has 0 bridgehead atoms. The minimum atomic E-state index is 0.619. The van der Waals surface area contributed by atoms with Crippen LogP contribution in [0.1, 0.15) is 11.1 Å². The Labute approximate surface area is 159 Å². The smallest absolute Gasteiger partial charge is 0.217 e. The van der Waals surface area contributed by atoms with Gasteiger partial charge in [0, 0.05) is 12.5 Å². The van der Waals surface area contributed by atoms with Crippen LogP contribution in [0.25, 0.3) is 22.0 Å². The Morgan fingerprint density at radius 1 is 0.852 bits per heavy atom. The number of hydrogen-bond donors (Lipinski definition) is 0. The van der Waals surface area contributed by atoms with Gasteiger partial charge in [0.05, 0.1) is 39.4 Å². The molecule has 0 amide bonds. The molecule has 1 aliphatic heterocycles. The third kappa shape index (κ3) is 2.57. The second-order valence-electron chi connectivity index (χ2n) is 6.70. The monoisotopic (exact) mass is 366 g/mol. The summed E-state index contributed by atoms with van der Waals surface area (Å²) in [5.74, 6) is 2.94. The van der Waals surface area contributed by atoms with E-state index in [2.05, 4.69) is 42.0 Å². The van der Waals surface area contributed by atoms with Crippen LogP contribution in [-0.2, 0) is 13.0 Å². The molecule has 2 aromatic carbocycles. The van der Waals surface area contributed by atoms with Gasteiger partial charge in [-0.15, -0.1) is 0 Å². The van der Waals surface area contributed by atoms with Crippen molar-refractivity contribution in [2.24, 2.45) is 0 Å². The number of benzene rings is 2. The van der Waals surface area contributed by atoms with Gasteiger partial charge in [-0.05, 0) is 29.5 Å². The van der Waals surface area contributed by atoms with Gasteiger partial charge in [-0.25, -0.2) is 0 Å². The van der Waals surface area contributed by atoms with E-state index in [0.29, 0.717) is 17.2 Å². The molecule has 0 fully saturated rings. The van der Waals surface area contributed by atoms with Crippen LogP contribution in [0, 0.1) is 6.92 Å². The summed E-state index contributed by atoms with van der Waals surface area (Å²) < 4.78 is 24.8. The van der Waals surface area contributed by atoms with Crippen molar-refractivity contribution in [3.63, 3.8) is 0 Å². The van der Waals surface area contributed by atoms with Crippen LogP contribution in [-0.4, -0.2) is 28.4 Å². The Morgan fingerprint density at radius 2 is 1.59 bits per heavy atom. The zero-order valence-corrected chi connectivity index (χ0v) is 16.4. The molecule has 0 radical (unpaired) electrons. The minimum Gasteiger partial charge on any atom is -0.496 e. The first-order valence-corrected chi connectivity index (χ1v) is 8.96. The first-order valence-electron chi connectivity index (χ1n) is 8.96. The molecule has 0 N–H and O–H groups in total. The number of hydrogen-bond acceptors (Lipinski definition) is 4. The van der Waals surface area contributed by atoms with Crippen molar-refractivity contribution in [3.05, 3.63) is 41.6 Å². The first kappa shape index (κ1) is 17.5. The maximum absolute atomic E-state index is 5.77. The highest BCUT2D eigenvalue weighted by Crippen LogP contribution is 2.47. The fourth-order valence-electron chi connectivity index (χ4n) is 4.04. The quantitative estimate of drug-likeness (QED) is 0.661. The van der Waals surface area contributed by atoms with Crippen LogP contribution >= 0.6 is 0 Å². The maximum atomic E-state index is 5.77. The number of methoxy groups -OCH3 is 4. The minimum absolute atomic E-state index is 0.619. The maximum Gasteiger partial charge on any atom is 0.217 e. The van der Waals surface area contributed by atoms with E-state index in [0.717, 1.165) is 46.3 Å². The normalized spacial score (nSPS) is 12.3. The molecule has 3 aromatic rings. The van der Waals surface area contributed by atoms with E-state index in [1.807, 2.05) is 0 Å². The van der Waals surface area contributed by atoms with Crippen molar-refractivity contribution >= 4 is 10.8 Å². The van der Waals surface area contributed by atoms with Gasteiger partial charge in [0.15, 0.2) is 24.2 Å². The largest absolute Gasteiger partial charge is 0.496 e. The number of nitrogens with zero attached hydrogens (tertiary/aromatic N) is 1. The molecular formula is C22H24NO4+. The van der Waals surface area contributed by atoms with E-state index >= 15 is 0 Å². The number of ether oxygens (including phenoxy) is 4.